The second kappa shape index (κ2) is 4.44. The van der Waals surface area contributed by atoms with Crippen LogP contribution in [-0.2, 0) is 6.61 Å². The van der Waals surface area contributed by atoms with Crippen molar-refractivity contribution >= 4 is 15.9 Å². The Morgan fingerprint density at radius 3 is 2.87 bits per heavy atom. The molecule has 5 heteroatoms. The third-order valence-corrected chi connectivity index (χ3v) is 2.42. The van der Waals surface area contributed by atoms with Crippen molar-refractivity contribution in [3.8, 4) is 5.75 Å². The molecule has 2 aromatic rings. The maximum absolute atomic E-state index is 5.50. The molecule has 0 radical (unpaired) electrons. The van der Waals surface area contributed by atoms with Crippen molar-refractivity contribution in [2.75, 3.05) is 0 Å². The predicted octanol–water partition coefficient (Wildman–Crippen LogP) is 2.72. The number of ether oxygens (including phenoxy) is 1. The fourth-order valence-corrected chi connectivity index (χ4v) is 1.50. The van der Waals surface area contributed by atoms with Gasteiger partial charge in [0.1, 0.15) is 5.75 Å². The average molecular weight is 269 g/mol. The Morgan fingerprint density at radius 2 is 2.20 bits per heavy atom. The van der Waals surface area contributed by atoms with Gasteiger partial charge in [0.2, 0.25) is 11.7 Å². The van der Waals surface area contributed by atoms with Gasteiger partial charge in [0.15, 0.2) is 6.61 Å². The maximum Gasteiger partial charge on any atom is 0.223 e. The van der Waals surface area contributed by atoms with E-state index in [0.717, 1.165) is 10.2 Å². The summed E-state index contributed by atoms with van der Waals surface area (Å²) in [5.74, 6) is 1.85. The zero-order chi connectivity index (χ0) is 10.7. The molecule has 0 aliphatic carbocycles. The number of nitrogens with zero attached hydrogens (tertiary/aromatic N) is 2. The molecule has 1 aromatic heterocycles. The zero-order valence-corrected chi connectivity index (χ0v) is 9.69. The molecule has 0 atom stereocenters. The second-order valence-electron chi connectivity index (χ2n) is 2.95. The van der Waals surface area contributed by atoms with Crippen molar-refractivity contribution in [2.24, 2.45) is 0 Å². The van der Waals surface area contributed by atoms with E-state index in [1.807, 2.05) is 24.3 Å². The van der Waals surface area contributed by atoms with E-state index in [9.17, 15) is 0 Å². The molecular weight excluding hydrogens is 260 g/mol. The molecule has 1 heterocycles. The Kier molecular flexibility index (Phi) is 3.01. The molecule has 1 aromatic carbocycles. The van der Waals surface area contributed by atoms with E-state index >= 15 is 0 Å². The van der Waals surface area contributed by atoms with Gasteiger partial charge in [-0.15, -0.1) is 0 Å². The lowest BCUT2D eigenvalue weighted by Crippen LogP contribution is -1.97. The fourth-order valence-electron chi connectivity index (χ4n) is 1.10. The van der Waals surface area contributed by atoms with Crippen LogP contribution in [0.4, 0.5) is 0 Å². The number of benzene rings is 1. The molecule has 78 valence electrons. The van der Waals surface area contributed by atoms with E-state index in [1.165, 1.54) is 0 Å². The van der Waals surface area contributed by atoms with Crippen molar-refractivity contribution in [3.63, 3.8) is 0 Å². The minimum absolute atomic E-state index is 0.306. The second-order valence-corrected chi connectivity index (χ2v) is 3.80. The maximum atomic E-state index is 5.50. The van der Waals surface area contributed by atoms with Gasteiger partial charge in [0.05, 0.1) is 4.47 Å². The zero-order valence-electron chi connectivity index (χ0n) is 8.11. The summed E-state index contributed by atoms with van der Waals surface area (Å²) in [5, 5.41) is 3.73. The lowest BCUT2D eigenvalue weighted by molar-refractivity contribution is 0.284. The minimum Gasteiger partial charge on any atom is -0.484 e. The summed E-state index contributed by atoms with van der Waals surface area (Å²) in [5.41, 5.74) is 0. The summed E-state index contributed by atoms with van der Waals surface area (Å²) in [6, 6.07) is 7.62. The molecule has 0 N–H and O–H groups in total. The van der Waals surface area contributed by atoms with Crippen LogP contribution < -0.4 is 4.74 Å². The van der Waals surface area contributed by atoms with Crippen LogP contribution in [0.1, 0.15) is 11.7 Å². The molecule has 0 saturated heterocycles. The van der Waals surface area contributed by atoms with Crippen LogP contribution in [0, 0.1) is 6.92 Å². The van der Waals surface area contributed by atoms with E-state index in [1.54, 1.807) is 6.92 Å². The van der Waals surface area contributed by atoms with Crippen molar-refractivity contribution in [1.29, 1.82) is 0 Å². The van der Waals surface area contributed by atoms with E-state index < -0.39 is 0 Å². The minimum atomic E-state index is 0.306. The van der Waals surface area contributed by atoms with Crippen LogP contribution in [0.25, 0.3) is 0 Å². The van der Waals surface area contributed by atoms with E-state index in [4.69, 9.17) is 9.26 Å². The summed E-state index contributed by atoms with van der Waals surface area (Å²) in [6.45, 7) is 2.05. The molecule has 0 aliphatic heterocycles. The summed E-state index contributed by atoms with van der Waals surface area (Å²) in [7, 11) is 0. The van der Waals surface area contributed by atoms with Gasteiger partial charge < -0.3 is 9.26 Å². The molecule has 0 unspecified atom stereocenters. The van der Waals surface area contributed by atoms with Crippen molar-refractivity contribution in [2.45, 2.75) is 13.5 Å². The Balaban J connectivity index is 2.02. The van der Waals surface area contributed by atoms with Crippen LogP contribution in [-0.4, -0.2) is 10.1 Å². The smallest absolute Gasteiger partial charge is 0.223 e. The number of halogens is 1. The highest BCUT2D eigenvalue weighted by Gasteiger charge is 2.04. The first-order valence-electron chi connectivity index (χ1n) is 4.42. The van der Waals surface area contributed by atoms with E-state index in [2.05, 4.69) is 26.1 Å². The monoisotopic (exact) mass is 268 g/mol. The molecule has 0 aliphatic rings. The molecule has 0 spiro atoms. The first-order valence-corrected chi connectivity index (χ1v) is 5.21. The Labute approximate surface area is 95.4 Å². The summed E-state index contributed by atoms with van der Waals surface area (Å²) < 4.78 is 11.2. The number of hydrogen-bond acceptors (Lipinski definition) is 4. The summed E-state index contributed by atoms with van der Waals surface area (Å²) in [6.07, 6.45) is 0. The highest BCUT2D eigenvalue weighted by atomic mass is 79.9. The standard InChI is InChI=1S/C10H9BrN2O2/c1-7-12-10(13-15-7)6-14-9-5-3-2-4-8(9)11/h2-5H,6H2,1H3. The highest BCUT2D eigenvalue weighted by molar-refractivity contribution is 9.10. The lowest BCUT2D eigenvalue weighted by atomic mass is 10.3. The molecule has 2 rings (SSSR count). The number of para-hydroxylation sites is 1. The van der Waals surface area contributed by atoms with E-state index in [-0.39, 0.29) is 0 Å². The van der Waals surface area contributed by atoms with Gasteiger partial charge in [0, 0.05) is 6.92 Å². The third-order valence-electron chi connectivity index (χ3n) is 1.76. The summed E-state index contributed by atoms with van der Waals surface area (Å²) >= 11 is 3.39. The lowest BCUT2D eigenvalue weighted by Gasteiger charge is -2.04. The largest absolute Gasteiger partial charge is 0.484 e. The van der Waals surface area contributed by atoms with Crippen LogP contribution in [0.2, 0.25) is 0 Å². The Hall–Kier alpha value is -1.36. The molecule has 0 bridgehead atoms. The highest BCUT2D eigenvalue weighted by Crippen LogP contribution is 2.24. The van der Waals surface area contributed by atoms with Crippen molar-refractivity contribution in [3.05, 3.63) is 40.5 Å². The Bertz CT molecular complexity index is 456. The molecule has 0 saturated carbocycles. The van der Waals surface area contributed by atoms with Crippen LogP contribution in [0.5, 0.6) is 5.75 Å². The van der Waals surface area contributed by atoms with Crippen molar-refractivity contribution in [1.82, 2.24) is 10.1 Å². The number of aromatic nitrogens is 2. The molecule has 15 heavy (non-hydrogen) atoms. The van der Waals surface area contributed by atoms with Gasteiger partial charge in [-0.1, -0.05) is 17.3 Å². The predicted molar refractivity (Wildman–Crippen MR) is 57.5 cm³/mol. The molecule has 4 nitrogen and oxygen atoms in total. The van der Waals surface area contributed by atoms with Gasteiger partial charge in [-0.3, -0.25) is 0 Å². The fraction of sp³-hybridized carbons (Fsp3) is 0.200. The van der Waals surface area contributed by atoms with Gasteiger partial charge in [-0.2, -0.15) is 4.98 Å². The van der Waals surface area contributed by atoms with Crippen LogP contribution in [0.15, 0.2) is 33.3 Å². The summed E-state index contributed by atoms with van der Waals surface area (Å²) in [4.78, 5) is 4.04. The first kappa shape index (κ1) is 10.2. The van der Waals surface area contributed by atoms with Gasteiger partial charge >= 0.3 is 0 Å². The number of aryl methyl sites for hydroxylation is 1. The van der Waals surface area contributed by atoms with Gasteiger partial charge in [-0.25, -0.2) is 0 Å². The Morgan fingerprint density at radius 1 is 1.40 bits per heavy atom. The molecule has 0 amide bonds. The number of rotatable bonds is 3. The SMILES string of the molecule is Cc1nc(COc2ccccc2Br)no1. The normalized spacial score (nSPS) is 10.3. The van der Waals surface area contributed by atoms with Crippen LogP contribution >= 0.6 is 15.9 Å². The van der Waals surface area contributed by atoms with Gasteiger partial charge in [0.25, 0.3) is 0 Å². The molecule has 0 fully saturated rings. The molecular formula is C10H9BrN2O2. The quantitative estimate of drug-likeness (QED) is 0.859. The van der Waals surface area contributed by atoms with E-state index in [0.29, 0.717) is 18.3 Å². The first-order chi connectivity index (χ1) is 7.25. The average Bonchev–Trinajstić information content (AvgIpc) is 2.63. The van der Waals surface area contributed by atoms with Gasteiger partial charge in [-0.05, 0) is 28.1 Å². The third kappa shape index (κ3) is 2.56. The van der Waals surface area contributed by atoms with Crippen molar-refractivity contribution < 1.29 is 9.26 Å². The number of hydrogen-bond donors (Lipinski definition) is 0. The topological polar surface area (TPSA) is 48.2 Å². The van der Waals surface area contributed by atoms with Crippen LogP contribution in [0.3, 0.4) is 0 Å².